The predicted octanol–water partition coefficient (Wildman–Crippen LogP) is 1.76. The van der Waals surface area contributed by atoms with Crippen molar-refractivity contribution >= 4 is 17.2 Å². The fourth-order valence-electron chi connectivity index (χ4n) is 2.08. The molecule has 2 rings (SSSR count). The lowest BCUT2D eigenvalue weighted by atomic mass is 9.99. The first-order chi connectivity index (χ1) is 7.66. The van der Waals surface area contributed by atoms with Gasteiger partial charge in [0.2, 0.25) is 5.91 Å². The Balaban J connectivity index is 2.03. The molecule has 1 atom stereocenters. The number of aryl methyl sites for hydroxylation is 2. The Morgan fingerprint density at radius 3 is 3.00 bits per heavy atom. The molecule has 1 aromatic heterocycles. The van der Waals surface area contributed by atoms with Crippen LogP contribution in [-0.2, 0) is 17.6 Å². The molecule has 0 bridgehead atoms. The third kappa shape index (κ3) is 2.62. The Labute approximate surface area is 100 Å². The van der Waals surface area contributed by atoms with Gasteiger partial charge in [0.15, 0.2) is 0 Å². The highest BCUT2D eigenvalue weighted by molar-refractivity contribution is 7.12. The van der Waals surface area contributed by atoms with E-state index in [1.165, 1.54) is 41.0 Å². The Morgan fingerprint density at radius 2 is 2.31 bits per heavy atom. The standard InChI is InChI=1S/C12H18N2OS/c1-8(14-7-12(13)15)11-6-9-4-2-3-5-10(9)16-11/h6,8,14H,2-5,7H2,1H3,(H2,13,15). The number of nitrogens with two attached hydrogens (primary N) is 1. The first-order valence-corrected chi connectivity index (χ1v) is 6.61. The Bertz CT molecular complexity index is 363. The third-order valence-electron chi connectivity index (χ3n) is 3.02. The maximum atomic E-state index is 10.7. The summed E-state index contributed by atoms with van der Waals surface area (Å²) in [5.41, 5.74) is 6.63. The molecule has 0 aliphatic heterocycles. The van der Waals surface area contributed by atoms with E-state index in [1.54, 1.807) is 0 Å². The lowest BCUT2D eigenvalue weighted by molar-refractivity contribution is -0.117. The van der Waals surface area contributed by atoms with Crippen molar-refractivity contribution in [1.29, 1.82) is 0 Å². The average Bonchev–Trinajstić information content (AvgIpc) is 2.69. The molecule has 1 amide bonds. The van der Waals surface area contributed by atoms with Crippen LogP contribution in [0.5, 0.6) is 0 Å². The summed E-state index contributed by atoms with van der Waals surface area (Å²) in [6.07, 6.45) is 5.07. The maximum absolute atomic E-state index is 10.7. The van der Waals surface area contributed by atoms with Gasteiger partial charge in [-0.05, 0) is 44.2 Å². The molecule has 88 valence electrons. The summed E-state index contributed by atoms with van der Waals surface area (Å²) in [7, 11) is 0. The first-order valence-electron chi connectivity index (χ1n) is 5.80. The Kier molecular flexibility index (Phi) is 3.61. The molecule has 0 aromatic carbocycles. The zero-order valence-electron chi connectivity index (χ0n) is 9.58. The SMILES string of the molecule is CC(NCC(N)=O)c1cc2c(s1)CCCC2. The first kappa shape index (κ1) is 11.6. The van der Waals surface area contributed by atoms with Gasteiger partial charge in [-0.2, -0.15) is 0 Å². The molecule has 16 heavy (non-hydrogen) atoms. The van der Waals surface area contributed by atoms with Crippen LogP contribution in [0.4, 0.5) is 0 Å². The minimum atomic E-state index is -0.298. The van der Waals surface area contributed by atoms with Crippen LogP contribution in [0.1, 0.15) is 41.1 Å². The molecule has 3 nitrogen and oxygen atoms in total. The number of nitrogens with one attached hydrogen (secondary N) is 1. The Morgan fingerprint density at radius 1 is 1.56 bits per heavy atom. The fraction of sp³-hybridized carbons (Fsp3) is 0.583. The molecular weight excluding hydrogens is 220 g/mol. The number of amides is 1. The maximum Gasteiger partial charge on any atom is 0.231 e. The third-order valence-corrected chi connectivity index (χ3v) is 4.44. The van der Waals surface area contributed by atoms with Crippen molar-refractivity contribution in [3.05, 3.63) is 21.4 Å². The molecule has 3 N–H and O–H groups in total. The number of hydrogen-bond acceptors (Lipinski definition) is 3. The van der Waals surface area contributed by atoms with Gasteiger partial charge in [-0.25, -0.2) is 0 Å². The highest BCUT2D eigenvalue weighted by atomic mass is 32.1. The highest BCUT2D eigenvalue weighted by Crippen LogP contribution is 2.32. The van der Waals surface area contributed by atoms with Gasteiger partial charge < -0.3 is 11.1 Å². The van der Waals surface area contributed by atoms with Gasteiger partial charge >= 0.3 is 0 Å². The van der Waals surface area contributed by atoms with Gasteiger partial charge in [0.1, 0.15) is 0 Å². The van der Waals surface area contributed by atoms with E-state index in [0.717, 1.165) is 0 Å². The van der Waals surface area contributed by atoms with Gasteiger partial charge in [0.25, 0.3) is 0 Å². The second-order valence-electron chi connectivity index (χ2n) is 4.37. The van der Waals surface area contributed by atoms with Crippen LogP contribution in [0.25, 0.3) is 0 Å². The molecule has 1 aliphatic rings. The number of carbonyl (C=O) groups is 1. The minimum Gasteiger partial charge on any atom is -0.369 e. The van der Waals surface area contributed by atoms with E-state index in [0.29, 0.717) is 0 Å². The van der Waals surface area contributed by atoms with Gasteiger partial charge in [-0.1, -0.05) is 0 Å². The van der Waals surface area contributed by atoms with Crippen molar-refractivity contribution in [3.63, 3.8) is 0 Å². The molecule has 1 unspecified atom stereocenters. The van der Waals surface area contributed by atoms with Crippen LogP contribution in [0, 0.1) is 0 Å². The summed E-state index contributed by atoms with van der Waals surface area (Å²) in [4.78, 5) is 13.6. The van der Waals surface area contributed by atoms with Gasteiger partial charge in [-0.3, -0.25) is 4.79 Å². The molecule has 1 heterocycles. The number of fused-ring (bicyclic) bond motifs is 1. The highest BCUT2D eigenvalue weighted by Gasteiger charge is 2.16. The second-order valence-corrected chi connectivity index (χ2v) is 5.54. The molecule has 0 radical (unpaired) electrons. The average molecular weight is 238 g/mol. The summed E-state index contributed by atoms with van der Waals surface area (Å²) in [6.45, 7) is 2.34. The van der Waals surface area contributed by atoms with Crippen molar-refractivity contribution < 1.29 is 4.79 Å². The summed E-state index contributed by atoms with van der Waals surface area (Å²) in [5.74, 6) is -0.298. The van der Waals surface area contributed by atoms with Gasteiger partial charge in [0, 0.05) is 15.8 Å². The van der Waals surface area contributed by atoms with Crippen LogP contribution in [0.3, 0.4) is 0 Å². The lowest BCUT2D eigenvalue weighted by Gasteiger charge is -2.09. The summed E-state index contributed by atoms with van der Waals surface area (Å²) >= 11 is 1.88. The van der Waals surface area contributed by atoms with Gasteiger partial charge in [0.05, 0.1) is 6.54 Å². The number of carbonyl (C=O) groups excluding carboxylic acids is 1. The lowest BCUT2D eigenvalue weighted by Crippen LogP contribution is -2.30. The minimum absolute atomic E-state index is 0.225. The van der Waals surface area contributed by atoms with E-state index in [4.69, 9.17) is 5.73 Å². The normalized spacial score (nSPS) is 16.8. The number of primary amides is 1. The van der Waals surface area contributed by atoms with Crippen LogP contribution < -0.4 is 11.1 Å². The molecule has 1 aromatic rings. The quantitative estimate of drug-likeness (QED) is 0.840. The molecule has 0 spiro atoms. The van der Waals surface area contributed by atoms with E-state index < -0.39 is 0 Å². The molecule has 0 saturated heterocycles. The predicted molar refractivity (Wildman–Crippen MR) is 66.6 cm³/mol. The van der Waals surface area contributed by atoms with Crippen molar-refractivity contribution in [1.82, 2.24) is 5.32 Å². The molecular formula is C12H18N2OS. The molecule has 4 heteroatoms. The fourth-order valence-corrected chi connectivity index (χ4v) is 3.37. The second kappa shape index (κ2) is 4.97. The zero-order chi connectivity index (χ0) is 11.5. The number of thiophene rings is 1. The molecule has 0 saturated carbocycles. The largest absolute Gasteiger partial charge is 0.369 e. The summed E-state index contributed by atoms with van der Waals surface area (Å²) < 4.78 is 0. The van der Waals surface area contributed by atoms with Crippen LogP contribution in [0.15, 0.2) is 6.07 Å². The van der Waals surface area contributed by atoms with Crippen molar-refractivity contribution in [2.45, 2.75) is 38.6 Å². The topological polar surface area (TPSA) is 55.1 Å². The van der Waals surface area contributed by atoms with Crippen molar-refractivity contribution in [2.24, 2.45) is 5.73 Å². The van der Waals surface area contributed by atoms with Gasteiger partial charge in [-0.15, -0.1) is 11.3 Å². The monoisotopic (exact) mass is 238 g/mol. The van der Waals surface area contributed by atoms with E-state index in [2.05, 4.69) is 18.3 Å². The zero-order valence-corrected chi connectivity index (χ0v) is 10.4. The smallest absolute Gasteiger partial charge is 0.231 e. The number of rotatable bonds is 4. The van der Waals surface area contributed by atoms with Crippen LogP contribution in [0.2, 0.25) is 0 Å². The Hall–Kier alpha value is -0.870. The summed E-state index contributed by atoms with van der Waals surface area (Å²) in [5, 5.41) is 3.14. The van der Waals surface area contributed by atoms with E-state index in [-0.39, 0.29) is 18.5 Å². The van der Waals surface area contributed by atoms with Crippen LogP contribution in [-0.4, -0.2) is 12.5 Å². The summed E-state index contributed by atoms with van der Waals surface area (Å²) in [6, 6.07) is 2.51. The molecule has 0 fully saturated rings. The van der Waals surface area contributed by atoms with E-state index >= 15 is 0 Å². The van der Waals surface area contributed by atoms with Crippen LogP contribution >= 0.6 is 11.3 Å². The number of hydrogen-bond donors (Lipinski definition) is 2. The van der Waals surface area contributed by atoms with E-state index in [1.807, 2.05) is 11.3 Å². The van der Waals surface area contributed by atoms with Crippen molar-refractivity contribution in [2.75, 3.05) is 6.54 Å². The van der Waals surface area contributed by atoms with Crippen molar-refractivity contribution in [3.8, 4) is 0 Å². The molecule has 1 aliphatic carbocycles. The van der Waals surface area contributed by atoms with E-state index in [9.17, 15) is 4.79 Å².